The fourth-order valence-electron chi connectivity index (χ4n) is 2.27. The van der Waals surface area contributed by atoms with Gasteiger partial charge in [0.15, 0.2) is 11.5 Å². The maximum absolute atomic E-state index is 11.8. The number of aliphatic carboxylic acids is 1. The summed E-state index contributed by atoms with van der Waals surface area (Å²) in [5.74, 6) is 0.169. The number of nitrogens with one attached hydrogen (secondary N) is 2. The topological polar surface area (TPSA) is 96.9 Å². The second kappa shape index (κ2) is 5.61. The highest BCUT2D eigenvalue weighted by molar-refractivity contribution is 5.93. The van der Waals surface area contributed by atoms with Crippen LogP contribution >= 0.6 is 0 Å². The van der Waals surface area contributed by atoms with Crippen LogP contribution in [0.1, 0.15) is 12.8 Å². The zero-order valence-electron chi connectivity index (χ0n) is 11.3. The van der Waals surface area contributed by atoms with E-state index in [1.807, 2.05) is 0 Å². The number of anilines is 1. The third-order valence-electron chi connectivity index (χ3n) is 3.50. The van der Waals surface area contributed by atoms with E-state index >= 15 is 0 Å². The minimum absolute atomic E-state index is 0.0398. The second-order valence-electron chi connectivity index (χ2n) is 5.15. The maximum atomic E-state index is 11.8. The van der Waals surface area contributed by atoms with E-state index in [2.05, 4.69) is 10.6 Å². The number of amides is 1. The van der Waals surface area contributed by atoms with Crippen molar-refractivity contribution in [3.63, 3.8) is 0 Å². The molecule has 1 aliphatic carbocycles. The van der Waals surface area contributed by atoms with Gasteiger partial charge < -0.3 is 19.9 Å². The van der Waals surface area contributed by atoms with E-state index in [4.69, 9.17) is 14.6 Å². The molecule has 2 aliphatic rings. The van der Waals surface area contributed by atoms with Crippen LogP contribution in [0.4, 0.5) is 5.69 Å². The molecule has 3 rings (SSSR count). The lowest BCUT2D eigenvalue weighted by Gasteiger charge is -2.13. The molecule has 1 aromatic carbocycles. The molecule has 7 heteroatoms. The van der Waals surface area contributed by atoms with Crippen molar-refractivity contribution >= 4 is 17.6 Å². The van der Waals surface area contributed by atoms with Crippen molar-refractivity contribution in [2.75, 3.05) is 18.7 Å². The molecule has 0 saturated heterocycles. The minimum atomic E-state index is -0.909. The first-order valence-corrected chi connectivity index (χ1v) is 6.79. The number of ether oxygens (including phenoxy) is 2. The van der Waals surface area contributed by atoms with Crippen molar-refractivity contribution < 1.29 is 24.2 Å². The van der Waals surface area contributed by atoms with E-state index in [0.717, 1.165) is 12.8 Å². The standard InChI is InChI=1S/C14H16N2O5/c17-12(6-15-13(14(18)19)8-1-2-8)16-9-3-4-10-11(5-9)21-7-20-10/h3-5,8,13,15H,1-2,6-7H2,(H,16,17)(H,18,19). The second-order valence-corrected chi connectivity index (χ2v) is 5.15. The molecule has 7 nitrogen and oxygen atoms in total. The fourth-order valence-corrected chi connectivity index (χ4v) is 2.27. The van der Waals surface area contributed by atoms with E-state index in [9.17, 15) is 9.59 Å². The molecular formula is C14H16N2O5. The van der Waals surface area contributed by atoms with Crippen LogP contribution in [-0.4, -0.2) is 36.4 Å². The molecule has 0 radical (unpaired) electrons. The molecule has 112 valence electrons. The molecule has 0 aromatic heterocycles. The summed E-state index contributed by atoms with van der Waals surface area (Å²) in [6.07, 6.45) is 1.79. The van der Waals surface area contributed by atoms with E-state index in [0.29, 0.717) is 17.2 Å². The van der Waals surface area contributed by atoms with Gasteiger partial charge in [-0.05, 0) is 30.9 Å². The van der Waals surface area contributed by atoms with Gasteiger partial charge in [-0.15, -0.1) is 0 Å². The predicted molar refractivity (Wildman–Crippen MR) is 73.3 cm³/mol. The molecule has 1 fully saturated rings. The highest BCUT2D eigenvalue weighted by atomic mass is 16.7. The zero-order chi connectivity index (χ0) is 14.8. The molecule has 21 heavy (non-hydrogen) atoms. The monoisotopic (exact) mass is 292 g/mol. The first kappa shape index (κ1) is 13.7. The highest BCUT2D eigenvalue weighted by Gasteiger charge is 2.36. The summed E-state index contributed by atoms with van der Waals surface area (Å²) in [6, 6.07) is 4.46. The average Bonchev–Trinajstić information content (AvgIpc) is 3.16. The Morgan fingerprint density at radius 2 is 2.05 bits per heavy atom. The number of carboxylic acid groups (broad SMARTS) is 1. The van der Waals surface area contributed by atoms with E-state index < -0.39 is 12.0 Å². The van der Waals surface area contributed by atoms with Crippen LogP contribution in [0.25, 0.3) is 0 Å². The molecule has 3 N–H and O–H groups in total. The number of hydrogen-bond donors (Lipinski definition) is 3. The molecule has 1 amide bonds. The number of fused-ring (bicyclic) bond motifs is 1. The van der Waals surface area contributed by atoms with Crippen LogP contribution in [0.15, 0.2) is 18.2 Å². The number of carboxylic acids is 1. The van der Waals surface area contributed by atoms with Gasteiger partial charge in [-0.1, -0.05) is 0 Å². The van der Waals surface area contributed by atoms with Crippen molar-refractivity contribution in [2.24, 2.45) is 5.92 Å². The lowest BCUT2D eigenvalue weighted by molar-refractivity contribution is -0.140. The van der Waals surface area contributed by atoms with Gasteiger partial charge in [0.05, 0.1) is 6.54 Å². The Kier molecular flexibility index (Phi) is 3.66. The first-order valence-electron chi connectivity index (χ1n) is 6.79. The van der Waals surface area contributed by atoms with Gasteiger partial charge in [-0.3, -0.25) is 14.9 Å². The van der Waals surface area contributed by atoms with E-state index in [1.54, 1.807) is 18.2 Å². The Morgan fingerprint density at radius 1 is 1.29 bits per heavy atom. The van der Waals surface area contributed by atoms with Gasteiger partial charge in [-0.25, -0.2) is 0 Å². The molecular weight excluding hydrogens is 276 g/mol. The summed E-state index contributed by atoms with van der Waals surface area (Å²) in [5.41, 5.74) is 0.587. The van der Waals surface area contributed by atoms with Gasteiger partial charge >= 0.3 is 5.97 Å². The summed E-state index contributed by atoms with van der Waals surface area (Å²) in [4.78, 5) is 22.9. The summed E-state index contributed by atoms with van der Waals surface area (Å²) >= 11 is 0. The summed E-state index contributed by atoms with van der Waals surface area (Å²) in [6.45, 7) is 0.137. The fraction of sp³-hybridized carbons (Fsp3) is 0.429. The summed E-state index contributed by atoms with van der Waals surface area (Å²) in [7, 11) is 0. The number of rotatable bonds is 6. The largest absolute Gasteiger partial charge is 0.480 e. The van der Waals surface area contributed by atoms with Gasteiger partial charge in [0.25, 0.3) is 0 Å². The molecule has 0 spiro atoms. The van der Waals surface area contributed by atoms with Gasteiger partial charge in [0.1, 0.15) is 6.04 Å². The Morgan fingerprint density at radius 3 is 2.76 bits per heavy atom. The van der Waals surface area contributed by atoms with Gasteiger partial charge in [0.2, 0.25) is 12.7 Å². The number of carbonyl (C=O) groups is 2. The maximum Gasteiger partial charge on any atom is 0.320 e. The Bertz CT molecular complexity index is 570. The molecule has 1 aliphatic heterocycles. The van der Waals surface area contributed by atoms with E-state index in [1.165, 1.54) is 0 Å². The Labute approximate surface area is 121 Å². The number of hydrogen-bond acceptors (Lipinski definition) is 5. The van der Waals surface area contributed by atoms with E-state index in [-0.39, 0.29) is 25.2 Å². The first-order chi connectivity index (χ1) is 10.1. The molecule has 1 atom stereocenters. The molecule has 1 saturated carbocycles. The number of carbonyl (C=O) groups excluding carboxylic acids is 1. The minimum Gasteiger partial charge on any atom is -0.480 e. The quantitative estimate of drug-likeness (QED) is 0.718. The Hall–Kier alpha value is -2.28. The molecule has 0 bridgehead atoms. The molecule has 1 aromatic rings. The van der Waals surface area contributed by atoms with Crippen molar-refractivity contribution in [1.82, 2.24) is 5.32 Å². The van der Waals surface area contributed by atoms with Gasteiger partial charge in [0, 0.05) is 11.8 Å². The third kappa shape index (κ3) is 3.25. The highest BCUT2D eigenvalue weighted by Crippen LogP contribution is 2.34. The van der Waals surface area contributed by atoms with Crippen molar-refractivity contribution in [1.29, 1.82) is 0 Å². The smallest absolute Gasteiger partial charge is 0.320 e. The normalized spacial score (nSPS) is 17.3. The van der Waals surface area contributed by atoms with Crippen molar-refractivity contribution in [3.05, 3.63) is 18.2 Å². The van der Waals surface area contributed by atoms with Crippen LogP contribution in [-0.2, 0) is 9.59 Å². The summed E-state index contributed by atoms with van der Waals surface area (Å²) in [5, 5.41) is 14.5. The summed E-state index contributed by atoms with van der Waals surface area (Å²) < 4.78 is 10.4. The van der Waals surface area contributed by atoms with Crippen LogP contribution in [0.2, 0.25) is 0 Å². The SMILES string of the molecule is O=C(CNC(C(=O)O)C1CC1)Nc1ccc2c(c1)OCO2. The van der Waals surface area contributed by atoms with Crippen molar-refractivity contribution in [3.8, 4) is 11.5 Å². The van der Waals surface area contributed by atoms with Crippen LogP contribution in [0, 0.1) is 5.92 Å². The zero-order valence-corrected chi connectivity index (χ0v) is 11.3. The van der Waals surface area contributed by atoms with Crippen LogP contribution < -0.4 is 20.1 Å². The third-order valence-corrected chi connectivity index (χ3v) is 3.50. The van der Waals surface area contributed by atoms with Crippen molar-refractivity contribution in [2.45, 2.75) is 18.9 Å². The predicted octanol–water partition coefficient (Wildman–Crippen LogP) is 0.807. The number of benzene rings is 1. The lowest BCUT2D eigenvalue weighted by atomic mass is 10.2. The average molecular weight is 292 g/mol. The van der Waals surface area contributed by atoms with Crippen LogP contribution in [0.5, 0.6) is 11.5 Å². The van der Waals surface area contributed by atoms with Gasteiger partial charge in [-0.2, -0.15) is 0 Å². The lowest BCUT2D eigenvalue weighted by Crippen LogP contribution is -2.42. The molecule has 1 unspecified atom stereocenters. The Balaban J connectivity index is 1.53. The van der Waals surface area contributed by atoms with Crippen LogP contribution in [0.3, 0.4) is 0 Å². The molecule has 1 heterocycles.